The third kappa shape index (κ3) is 4.12. The van der Waals surface area contributed by atoms with Crippen LogP contribution in [0.25, 0.3) is 0 Å². The maximum atomic E-state index is 11.7. The lowest BCUT2D eigenvalue weighted by Gasteiger charge is -2.05. The number of phenolic OH excluding ortho intramolecular Hbond substituents is 1. The molecule has 1 N–H and O–H groups in total. The van der Waals surface area contributed by atoms with Gasteiger partial charge in [0.25, 0.3) is 0 Å². The van der Waals surface area contributed by atoms with Gasteiger partial charge in [0, 0.05) is 0 Å². The highest BCUT2D eigenvalue weighted by molar-refractivity contribution is 5.41. The van der Waals surface area contributed by atoms with E-state index in [0.29, 0.717) is 5.75 Å². The van der Waals surface area contributed by atoms with Gasteiger partial charge in [-0.1, -0.05) is 19.9 Å². The Labute approximate surface area is 84.3 Å². The molecule has 0 heterocycles. The molecule has 0 unspecified atom stereocenters. The fourth-order valence-electron chi connectivity index (χ4n) is 0.898. The third-order valence-electron chi connectivity index (χ3n) is 1.45. The van der Waals surface area contributed by atoms with E-state index >= 15 is 0 Å². The number of rotatable bonds is 3. The summed E-state index contributed by atoms with van der Waals surface area (Å²) in [4.78, 5) is 0. The fourth-order valence-corrected chi connectivity index (χ4v) is 0.898. The van der Waals surface area contributed by atoms with Gasteiger partial charge in [0.05, 0.1) is 0 Å². The van der Waals surface area contributed by atoms with Crippen molar-refractivity contribution in [3.8, 4) is 11.5 Å². The van der Waals surface area contributed by atoms with Crippen LogP contribution in [0.4, 0.5) is 4.39 Å². The first-order valence-electron chi connectivity index (χ1n) is 4.72. The van der Waals surface area contributed by atoms with E-state index in [2.05, 4.69) is 0 Å². The maximum Gasteiger partial charge on any atom is 0.161 e. The van der Waals surface area contributed by atoms with Crippen LogP contribution < -0.4 is 4.74 Å². The molecule has 2 nitrogen and oxygen atoms in total. The summed E-state index contributed by atoms with van der Waals surface area (Å²) in [6.07, 6.45) is 0. The zero-order valence-electron chi connectivity index (χ0n) is 8.88. The highest BCUT2D eigenvalue weighted by Gasteiger charge is 2.00. The van der Waals surface area contributed by atoms with Crippen LogP contribution in [0.2, 0.25) is 0 Å². The minimum Gasteiger partial charge on any atom is -0.504 e. The molecule has 0 aliphatic carbocycles. The first kappa shape index (κ1) is 12.8. The normalized spacial score (nSPS) is 8.86. The van der Waals surface area contributed by atoms with Crippen molar-refractivity contribution in [2.45, 2.75) is 20.8 Å². The van der Waals surface area contributed by atoms with Crippen molar-refractivity contribution in [1.29, 1.82) is 0 Å². The van der Waals surface area contributed by atoms with Gasteiger partial charge in [-0.15, -0.1) is 0 Å². The predicted molar refractivity (Wildman–Crippen MR) is 55.7 cm³/mol. The molecule has 1 rings (SSSR count). The number of halogens is 1. The predicted octanol–water partition coefficient (Wildman–Crippen LogP) is 3.08. The largest absolute Gasteiger partial charge is 0.504 e. The molecule has 0 saturated heterocycles. The molecular weight excluding hydrogens is 183 g/mol. The van der Waals surface area contributed by atoms with Crippen LogP contribution in [0, 0.1) is 6.92 Å². The Morgan fingerprint density at radius 2 is 2.00 bits per heavy atom. The van der Waals surface area contributed by atoms with Gasteiger partial charge in [0.2, 0.25) is 0 Å². The monoisotopic (exact) mass is 200 g/mol. The number of phenols is 1. The molecule has 0 aliphatic rings. The smallest absolute Gasteiger partial charge is 0.161 e. The van der Waals surface area contributed by atoms with Crippen molar-refractivity contribution in [2.24, 2.45) is 0 Å². The quantitative estimate of drug-likeness (QED) is 0.812. The first-order chi connectivity index (χ1) is 6.74. The zero-order valence-corrected chi connectivity index (χ0v) is 8.88. The zero-order chi connectivity index (χ0) is 11.0. The number of ether oxygens (including phenoxy) is 1. The van der Waals surface area contributed by atoms with Gasteiger partial charge in [-0.2, -0.15) is 0 Å². The molecule has 3 heteroatoms. The van der Waals surface area contributed by atoms with E-state index in [0.717, 1.165) is 5.56 Å². The minimum atomic E-state index is -0.548. The van der Waals surface area contributed by atoms with E-state index < -0.39 is 6.67 Å². The van der Waals surface area contributed by atoms with Crippen molar-refractivity contribution in [3.63, 3.8) is 0 Å². The molecule has 0 amide bonds. The Hall–Kier alpha value is -1.25. The summed E-state index contributed by atoms with van der Waals surface area (Å²) in [7, 11) is 0. The summed E-state index contributed by atoms with van der Waals surface area (Å²) in [5.41, 5.74) is 0.945. The molecule has 0 aromatic heterocycles. The molecule has 1 aromatic carbocycles. The third-order valence-corrected chi connectivity index (χ3v) is 1.45. The summed E-state index contributed by atoms with van der Waals surface area (Å²) < 4.78 is 16.6. The Morgan fingerprint density at radius 3 is 2.50 bits per heavy atom. The number of hydrogen-bond donors (Lipinski definition) is 1. The molecule has 0 spiro atoms. The lowest BCUT2D eigenvalue weighted by molar-refractivity contribution is 0.262. The molecule has 0 atom stereocenters. The molecule has 0 aliphatic heterocycles. The summed E-state index contributed by atoms with van der Waals surface area (Å²) in [6, 6.07) is 5.00. The lowest BCUT2D eigenvalue weighted by atomic mass is 10.2. The first-order valence-corrected chi connectivity index (χ1v) is 4.72. The van der Waals surface area contributed by atoms with E-state index in [1.54, 1.807) is 18.2 Å². The van der Waals surface area contributed by atoms with E-state index in [4.69, 9.17) is 4.74 Å². The van der Waals surface area contributed by atoms with Crippen molar-refractivity contribution in [2.75, 3.05) is 13.3 Å². The van der Waals surface area contributed by atoms with Crippen LogP contribution in [0.15, 0.2) is 18.2 Å². The summed E-state index contributed by atoms with van der Waals surface area (Å²) in [5, 5.41) is 9.27. The van der Waals surface area contributed by atoms with Crippen LogP contribution in [-0.4, -0.2) is 18.4 Å². The average molecular weight is 200 g/mol. The van der Waals surface area contributed by atoms with E-state index in [9.17, 15) is 9.50 Å². The fraction of sp³-hybridized carbons (Fsp3) is 0.455. The molecule has 0 fully saturated rings. The number of alkyl halides is 1. The standard InChI is InChI=1S/C9H11FO2.C2H6/c1-7-2-3-9(8(11)6-7)12-5-4-10;1-2/h2-3,6,11H,4-5H2,1H3;1-2H3. The van der Waals surface area contributed by atoms with Crippen LogP contribution in [0.3, 0.4) is 0 Å². The summed E-state index contributed by atoms with van der Waals surface area (Å²) in [6.45, 7) is 5.29. The van der Waals surface area contributed by atoms with Gasteiger partial charge in [-0.05, 0) is 24.6 Å². The molecule has 0 saturated carbocycles. The van der Waals surface area contributed by atoms with E-state index in [1.807, 2.05) is 20.8 Å². The van der Waals surface area contributed by atoms with Crippen molar-refractivity contribution in [1.82, 2.24) is 0 Å². The molecule has 1 aromatic rings. The second kappa shape index (κ2) is 7.18. The lowest BCUT2D eigenvalue weighted by Crippen LogP contribution is -1.98. The molecular formula is C11H17FO2. The highest BCUT2D eigenvalue weighted by atomic mass is 19.1. The van der Waals surface area contributed by atoms with Crippen LogP contribution in [-0.2, 0) is 0 Å². The Balaban J connectivity index is 0.000000791. The van der Waals surface area contributed by atoms with Gasteiger partial charge in [-0.3, -0.25) is 0 Å². The van der Waals surface area contributed by atoms with Gasteiger partial charge >= 0.3 is 0 Å². The second-order valence-corrected chi connectivity index (χ2v) is 2.51. The SMILES string of the molecule is CC.Cc1ccc(OCCF)c(O)c1. The Kier molecular flexibility index (Phi) is 6.54. The molecule has 14 heavy (non-hydrogen) atoms. The van der Waals surface area contributed by atoms with Crippen molar-refractivity contribution >= 4 is 0 Å². The second-order valence-electron chi connectivity index (χ2n) is 2.51. The van der Waals surface area contributed by atoms with Crippen LogP contribution in [0.5, 0.6) is 11.5 Å². The van der Waals surface area contributed by atoms with Gasteiger partial charge < -0.3 is 9.84 Å². The van der Waals surface area contributed by atoms with Crippen molar-refractivity contribution < 1.29 is 14.2 Å². The molecule has 80 valence electrons. The number of hydrogen-bond acceptors (Lipinski definition) is 2. The van der Waals surface area contributed by atoms with E-state index in [1.165, 1.54) is 0 Å². The number of aromatic hydroxyl groups is 1. The maximum absolute atomic E-state index is 11.7. The summed E-state index contributed by atoms with van der Waals surface area (Å²) >= 11 is 0. The topological polar surface area (TPSA) is 29.5 Å². The Bertz CT molecular complexity index is 261. The summed E-state index contributed by atoms with van der Waals surface area (Å²) in [5.74, 6) is 0.390. The number of benzene rings is 1. The Morgan fingerprint density at radius 1 is 1.36 bits per heavy atom. The average Bonchev–Trinajstić information content (AvgIpc) is 2.20. The van der Waals surface area contributed by atoms with Crippen molar-refractivity contribution in [3.05, 3.63) is 23.8 Å². The molecule has 0 bridgehead atoms. The van der Waals surface area contributed by atoms with Gasteiger partial charge in [0.1, 0.15) is 13.3 Å². The number of aryl methyl sites for hydroxylation is 1. The van der Waals surface area contributed by atoms with E-state index in [-0.39, 0.29) is 12.4 Å². The van der Waals surface area contributed by atoms with Crippen LogP contribution >= 0.6 is 0 Å². The van der Waals surface area contributed by atoms with Crippen LogP contribution in [0.1, 0.15) is 19.4 Å². The molecule has 0 radical (unpaired) electrons. The minimum absolute atomic E-state index is 0.0172. The van der Waals surface area contributed by atoms with Gasteiger partial charge in [-0.25, -0.2) is 4.39 Å². The van der Waals surface area contributed by atoms with Gasteiger partial charge in [0.15, 0.2) is 11.5 Å². The highest BCUT2D eigenvalue weighted by Crippen LogP contribution is 2.26.